The number of aryl methyl sites for hydroxylation is 1. The van der Waals surface area contributed by atoms with E-state index in [4.69, 9.17) is 10.00 Å². The van der Waals surface area contributed by atoms with Gasteiger partial charge in [0.05, 0.1) is 24.6 Å². The molecule has 0 amide bonds. The van der Waals surface area contributed by atoms with Gasteiger partial charge in [0, 0.05) is 18.3 Å². The van der Waals surface area contributed by atoms with Gasteiger partial charge < -0.3 is 9.30 Å². The van der Waals surface area contributed by atoms with Gasteiger partial charge in [0.25, 0.3) is 0 Å². The van der Waals surface area contributed by atoms with Crippen molar-refractivity contribution < 1.29 is 4.74 Å². The van der Waals surface area contributed by atoms with Crippen molar-refractivity contribution in [2.75, 3.05) is 0 Å². The fourth-order valence-electron chi connectivity index (χ4n) is 5.20. The van der Waals surface area contributed by atoms with Crippen LogP contribution < -0.4 is 0 Å². The molecule has 0 radical (unpaired) electrons. The van der Waals surface area contributed by atoms with E-state index < -0.39 is 0 Å². The molecule has 0 saturated carbocycles. The number of benzene rings is 2. The Hall–Kier alpha value is -2.61. The Morgan fingerprint density at radius 3 is 2.77 bits per heavy atom. The van der Waals surface area contributed by atoms with Gasteiger partial charge in [-0.05, 0) is 72.4 Å². The topological polar surface area (TPSA) is 50.8 Å². The fourth-order valence-corrected chi connectivity index (χ4v) is 5.20. The standard InChI is InChI=1S/C25H25N3O.ClH/c26-15-18-7-9-19(10-8-18)16-29-25(28-12-11-27-17-28)23-13-21-5-1-3-20-4-2-6-22(14-23)24(20)21;/h1,3,5,7-12,17,22-23,25H,2,4,6,13-14,16H2;1H/t22-,23+,25-;/m1./s1. The number of halogens is 1. The van der Waals surface area contributed by atoms with Crippen molar-refractivity contribution in [1.29, 1.82) is 5.26 Å². The van der Waals surface area contributed by atoms with E-state index in [1.165, 1.54) is 31.2 Å². The maximum Gasteiger partial charge on any atom is 0.138 e. The van der Waals surface area contributed by atoms with Crippen LogP contribution in [0.25, 0.3) is 0 Å². The number of nitrogens with zero attached hydrogens (tertiary/aromatic N) is 3. The predicted molar refractivity (Wildman–Crippen MR) is 118 cm³/mol. The summed E-state index contributed by atoms with van der Waals surface area (Å²) in [6.07, 6.45) is 11.7. The van der Waals surface area contributed by atoms with Crippen molar-refractivity contribution in [3.63, 3.8) is 0 Å². The summed E-state index contributed by atoms with van der Waals surface area (Å²) in [7, 11) is 0. The first-order valence-electron chi connectivity index (χ1n) is 10.5. The summed E-state index contributed by atoms with van der Waals surface area (Å²) < 4.78 is 8.60. The number of ether oxygens (including phenoxy) is 1. The first kappa shape index (κ1) is 20.7. The van der Waals surface area contributed by atoms with Crippen LogP contribution in [-0.2, 0) is 24.2 Å². The van der Waals surface area contributed by atoms with E-state index in [-0.39, 0.29) is 18.6 Å². The number of hydrogen-bond acceptors (Lipinski definition) is 3. The SMILES string of the molecule is Cl.N#Cc1ccc(CO[C@H]([C@H]2Cc3cccc4c3[C@H](CCC4)C2)n2ccnc2)cc1. The summed E-state index contributed by atoms with van der Waals surface area (Å²) in [5.41, 5.74) is 6.47. The third kappa shape index (κ3) is 4.01. The van der Waals surface area contributed by atoms with Crippen LogP contribution in [0, 0.1) is 17.2 Å². The number of imidazole rings is 1. The second kappa shape index (κ2) is 9.04. The van der Waals surface area contributed by atoms with Gasteiger partial charge in [-0.25, -0.2) is 4.98 Å². The van der Waals surface area contributed by atoms with Crippen LogP contribution in [0.1, 0.15) is 59.2 Å². The minimum atomic E-state index is -0.0353. The van der Waals surface area contributed by atoms with Crippen molar-refractivity contribution in [2.24, 2.45) is 5.92 Å². The van der Waals surface area contributed by atoms with E-state index >= 15 is 0 Å². The van der Waals surface area contributed by atoms with Gasteiger partial charge in [0.15, 0.2) is 0 Å². The predicted octanol–water partition coefficient (Wildman–Crippen LogP) is 5.57. The van der Waals surface area contributed by atoms with E-state index in [1.807, 2.05) is 43.0 Å². The molecular weight excluding hydrogens is 394 g/mol. The Kier molecular flexibility index (Phi) is 6.22. The molecule has 0 fully saturated rings. The van der Waals surface area contributed by atoms with Crippen molar-refractivity contribution >= 4 is 12.4 Å². The Balaban J connectivity index is 0.00000218. The highest BCUT2D eigenvalue weighted by atomic mass is 35.5. The molecule has 0 N–H and O–H groups in total. The van der Waals surface area contributed by atoms with E-state index in [2.05, 4.69) is 33.8 Å². The molecule has 3 aromatic rings. The maximum atomic E-state index is 9.00. The summed E-state index contributed by atoms with van der Waals surface area (Å²) >= 11 is 0. The molecule has 154 valence electrons. The quantitative estimate of drug-likeness (QED) is 0.542. The fraction of sp³-hybridized carbons (Fsp3) is 0.360. The Labute approximate surface area is 183 Å². The Morgan fingerprint density at radius 1 is 1.17 bits per heavy atom. The summed E-state index contributed by atoms with van der Waals surface area (Å²) in [5.74, 6) is 1.08. The molecule has 0 unspecified atom stereocenters. The number of nitriles is 1. The maximum absolute atomic E-state index is 9.00. The molecule has 1 heterocycles. The Bertz CT molecular complexity index is 1020. The lowest BCUT2D eigenvalue weighted by Crippen LogP contribution is -2.30. The highest BCUT2D eigenvalue weighted by molar-refractivity contribution is 5.85. The number of aromatic nitrogens is 2. The van der Waals surface area contributed by atoms with Gasteiger partial charge in [-0.3, -0.25) is 0 Å². The zero-order valence-corrected chi connectivity index (χ0v) is 17.7. The third-order valence-corrected chi connectivity index (χ3v) is 6.49. The third-order valence-electron chi connectivity index (χ3n) is 6.49. The normalized spacial score (nSPS) is 20.5. The molecule has 3 atom stereocenters. The second-order valence-electron chi connectivity index (χ2n) is 8.30. The van der Waals surface area contributed by atoms with E-state index in [9.17, 15) is 0 Å². The zero-order chi connectivity index (χ0) is 19.6. The van der Waals surface area contributed by atoms with Crippen LogP contribution in [0.5, 0.6) is 0 Å². The van der Waals surface area contributed by atoms with Gasteiger partial charge in [-0.1, -0.05) is 30.3 Å². The highest BCUT2D eigenvalue weighted by Gasteiger charge is 2.35. The van der Waals surface area contributed by atoms with Gasteiger partial charge in [0.1, 0.15) is 6.23 Å². The van der Waals surface area contributed by atoms with Gasteiger partial charge in [-0.2, -0.15) is 5.26 Å². The van der Waals surface area contributed by atoms with Gasteiger partial charge >= 0.3 is 0 Å². The molecule has 4 nitrogen and oxygen atoms in total. The van der Waals surface area contributed by atoms with E-state index in [0.29, 0.717) is 24.0 Å². The average molecular weight is 420 g/mol. The lowest BCUT2D eigenvalue weighted by molar-refractivity contribution is -0.0566. The largest absolute Gasteiger partial charge is 0.353 e. The smallest absolute Gasteiger partial charge is 0.138 e. The van der Waals surface area contributed by atoms with Crippen molar-refractivity contribution in [1.82, 2.24) is 9.55 Å². The van der Waals surface area contributed by atoms with Crippen LogP contribution in [0.4, 0.5) is 0 Å². The van der Waals surface area contributed by atoms with Crippen LogP contribution >= 0.6 is 12.4 Å². The molecule has 0 saturated heterocycles. The summed E-state index contributed by atoms with van der Waals surface area (Å²) in [5, 5.41) is 9.00. The minimum absolute atomic E-state index is 0. The first-order valence-corrected chi connectivity index (χ1v) is 10.5. The van der Waals surface area contributed by atoms with Crippen LogP contribution in [0.3, 0.4) is 0 Å². The van der Waals surface area contributed by atoms with Crippen molar-refractivity contribution in [3.05, 3.63) is 89.0 Å². The van der Waals surface area contributed by atoms with E-state index in [1.54, 1.807) is 11.1 Å². The van der Waals surface area contributed by atoms with Gasteiger partial charge in [0.2, 0.25) is 0 Å². The van der Waals surface area contributed by atoms with Crippen molar-refractivity contribution in [2.45, 2.75) is 50.9 Å². The molecule has 1 aromatic heterocycles. The van der Waals surface area contributed by atoms with Crippen molar-refractivity contribution in [3.8, 4) is 6.07 Å². The molecule has 5 heteroatoms. The molecule has 30 heavy (non-hydrogen) atoms. The van der Waals surface area contributed by atoms with E-state index in [0.717, 1.165) is 12.0 Å². The summed E-state index contributed by atoms with van der Waals surface area (Å²) in [4.78, 5) is 4.27. The number of hydrogen-bond donors (Lipinski definition) is 0. The molecular formula is C25H26ClN3O. The summed E-state index contributed by atoms with van der Waals surface area (Å²) in [6, 6.07) is 16.7. The lowest BCUT2D eigenvalue weighted by Gasteiger charge is -2.39. The molecule has 0 spiro atoms. The molecule has 2 aliphatic rings. The molecule has 2 aromatic carbocycles. The molecule has 5 rings (SSSR count). The molecule has 2 aliphatic carbocycles. The van der Waals surface area contributed by atoms with Crippen LogP contribution in [0.2, 0.25) is 0 Å². The monoisotopic (exact) mass is 419 g/mol. The lowest BCUT2D eigenvalue weighted by atomic mass is 9.69. The Morgan fingerprint density at radius 2 is 2.00 bits per heavy atom. The van der Waals surface area contributed by atoms with Crippen LogP contribution in [-0.4, -0.2) is 9.55 Å². The number of rotatable bonds is 5. The molecule has 0 bridgehead atoms. The highest BCUT2D eigenvalue weighted by Crippen LogP contribution is 2.46. The minimum Gasteiger partial charge on any atom is -0.353 e. The van der Waals surface area contributed by atoms with Crippen LogP contribution in [0.15, 0.2) is 61.2 Å². The average Bonchev–Trinajstić information content (AvgIpc) is 3.29. The molecule has 0 aliphatic heterocycles. The summed E-state index contributed by atoms with van der Waals surface area (Å²) in [6.45, 7) is 0.530. The zero-order valence-electron chi connectivity index (χ0n) is 16.9. The second-order valence-corrected chi connectivity index (χ2v) is 8.30. The van der Waals surface area contributed by atoms with Gasteiger partial charge in [-0.15, -0.1) is 12.4 Å². The first-order chi connectivity index (χ1) is 14.3.